The molecule has 0 aliphatic carbocycles. The molecule has 0 saturated carbocycles. The van der Waals surface area contributed by atoms with Crippen LogP contribution in [0.15, 0.2) is 24.3 Å². The molecule has 1 unspecified atom stereocenters. The standard InChI is InChI=1S/C20H27F3N2O2/c21-20(22,23)18-6-2-1-5-17(18)8-7-16-4-3-9-25(14-16)19(26)15-24-10-12-27-13-11-24/h1-2,5-6,16H,3-4,7-15H2. The highest BCUT2D eigenvalue weighted by molar-refractivity contribution is 5.78. The second-order valence-corrected chi connectivity index (χ2v) is 7.43. The van der Waals surface area contributed by atoms with Crippen LogP contribution in [0.2, 0.25) is 0 Å². The number of alkyl halides is 3. The average molecular weight is 384 g/mol. The number of likely N-dealkylation sites (tertiary alicyclic amines) is 1. The van der Waals surface area contributed by atoms with Crippen LogP contribution in [0.1, 0.15) is 30.4 Å². The Kier molecular flexibility index (Phi) is 6.76. The van der Waals surface area contributed by atoms with Crippen LogP contribution < -0.4 is 0 Å². The zero-order valence-electron chi connectivity index (χ0n) is 15.5. The normalized spacial score (nSPS) is 22.0. The van der Waals surface area contributed by atoms with E-state index in [0.717, 1.165) is 38.5 Å². The van der Waals surface area contributed by atoms with E-state index in [1.807, 2.05) is 4.90 Å². The number of halogens is 3. The number of carbonyl (C=O) groups is 1. The molecule has 150 valence electrons. The smallest absolute Gasteiger partial charge is 0.379 e. The molecule has 3 rings (SSSR count). The third-order valence-electron chi connectivity index (χ3n) is 5.48. The number of amides is 1. The van der Waals surface area contributed by atoms with Gasteiger partial charge in [-0.15, -0.1) is 0 Å². The molecule has 2 heterocycles. The van der Waals surface area contributed by atoms with Crippen molar-refractivity contribution in [2.75, 3.05) is 45.9 Å². The van der Waals surface area contributed by atoms with E-state index >= 15 is 0 Å². The van der Waals surface area contributed by atoms with Crippen molar-refractivity contribution in [3.8, 4) is 0 Å². The predicted molar refractivity (Wildman–Crippen MR) is 96.3 cm³/mol. The van der Waals surface area contributed by atoms with Crippen LogP contribution in [0.5, 0.6) is 0 Å². The highest BCUT2D eigenvalue weighted by Gasteiger charge is 2.33. The van der Waals surface area contributed by atoms with Crippen molar-refractivity contribution in [1.82, 2.24) is 9.80 Å². The Balaban J connectivity index is 1.52. The molecule has 2 fully saturated rings. The molecule has 1 aromatic carbocycles. The molecule has 0 N–H and O–H groups in total. The van der Waals surface area contributed by atoms with Gasteiger partial charge in [-0.1, -0.05) is 18.2 Å². The van der Waals surface area contributed by atoms with Crippen molar-refractivity contribution < 1.29 is 22.7 Å². The first-order valence-corrected chi connectivity index (χ1v) is 9.66. The molecule has 27 heavy (non-hydrogen) atoms. The van der Waals surface area contributed by atoms with Gasteiger partial charge in [0.25, 0.3) is 0 Å². The number of hydrogen-bond acceptors (Lipinski definition) is 3. The number of nitrogens with zero attached hydrogens (tertiary/aromatic N) is 2. The van der Waals surface area contributed by atoms with Crippen molar-refractivity contribution in [2.45, 2.75) is 31.9 Å². The minimum atomic E-state index is -4.32. The average Bonchev–Trinajstić information content (AvgIpc) is 2.67. The van der Waals surface area contributed by atoms with E-state index in [-0.39, 0.29) is 11.8 Å². The van der Waals surface area contributed by atoms with E-state index in [0.29, 0.717) is 44.7 Å². The summed E-state index contributed by atoms with van der Waals surface area (Å²) in [5.74, 6) is 0.381. The van der Waals surface area contributed by atoms with Gasteiger partial charge in [0, 0.05) is 26.2 Å². The zero-order valence-corrected chi connectivity index (χ0v) is 15.5. The highest BCUT2D eigenvalue weighted by Crippen LogP contribution is 2.33. The monoisotopic (exact) mass is 384 g/mol. The zero-order chi connectivity index (χ0) is 19.3. The minimum absolute atomic E-state index is 0.122. The molecule has 0 aromatic heterocycles. The summed E-state index contributed by atoms with van der Waals surface area (Å²) in [6.07, 6.45) is -1.36. The summed E-state index contributed by atoms with van der Waals surface area (Å²) in [7, 11) is 0. The molecular formula is C20H27F3N2O2. The SMILES string of the molecule is O=C(CN1CCOCC1)N1CCCC(CCc2ccccc2C(F)(F)F)C1. The Morgan fingerprint density at radius 2 is 1.89 bits per heavy atom. The number of benzene rings is 1. The molecule has 1 aromatic rings. The summed E-state index contributed by atoms with van der Waals surface area (Å²) < 4.78 is 44.7. The maximum Gasteiger partial charge on any atom is 0.416 e. The Labute approximate surface area is 158 Å². The number of hydrogen-bond donors (Lipinski definition) is 0. The third-order valence-corrected chi connectivity index (χ3v) is 5.48. The number of piperidine rings is 1. The first kappa shape index (κ1) is 20.1. The summed E-state index contributed by atoms with van der Waals surface area (Å²) in [6.45, 7) is 4.68. The Hall–Kier alpha value is -1.60. The van der Waals surface area contributed by atoms with Crippen LogP contribution in [-0.2, 0) is 22.1 Å². The van der Waals surface area contributed by atoms with E-state index in [4.69, 9.17) is 4.74 Å². The quantitative estimate of drug-likeness (QED) is 0.782. The first-order chi connectivity index (χ1) is 12.9. The van der Waals surface area contributed by atoms with Gasteiger partial charge in [0.15, 0.2) is 0 Å². The lowest BCUT2D eigenvalue weighted by atomic mass is 9.90. The first-order valence-electron chi connectivity index (χ1n) is 9.66. The van der Waals surface area contributed by atoms with Crippen molar-refractivity contribution in [3.63, 3.8) is 0 Å². The number of carbonyl (C=O) groups excluding carboxylic acids is 1. The lowest BCUT2D eigenvalue weighted by Crippen LogP contribution is -2.47. The predicted octanol–water partition coefficient (Wildman–Crippen LogP) is 3.21. The number of rotatable bonds is 5. The summed E-state index contributed by atoms with van der Waals surface area (Å²) in [5.41, 5.74) is -0.192. The Bertz CT molecular complexity index is 630. The molecule has 7 heteroatoms. The maximum absolute atomic E-state index is 13.1. The summed E-state index contributed by atoms with van der Waals surface area (Å²) in [4.78, 5) is 16.6. The van der Waals surface area contributed by atoms with Crippen molar-refractivity contribution >= 4 is 5.91 Å². The Morgan fingerprint density at radius 1 is 1.15 bits per heavy atom. The van der Waals surface area contributed by atoms with Crippen molar-refractivity contribution in [3.05, 3.63) is 35.4 Å². The van der Waals surface area contributed by atoms with Crippen LogP contribution in [-0.4, -0.2) is 61.6 Å². The van der Waals surface area contributed by atoms with Gasteiger partial charge < -0.3 is 9.64 Å². The molecule has 1 amide bonds. The number of aryl methyl sites for hydroxylation is 1. The van der Waals surface area contributed by atoms with Crippen LogP contribution in [0.25, 0.3) is 0 Å². The molecule has 4 nitrogen and oxygen atoms in total. The summed E-state index contributed by atoms with van der Waals surface area (Å²) in [5, 5.41) is 0. The Morgan fingerprint density at radius 3 is 2.63 bits per heavy atom. The topological polar surface area (TPSA) is 32.8 Å². The van der Waals surface area contributed by atoms with E-state index in [1.54, 1.807) is 12.1 Å². The van der Waals surface area contributed by atoms with Gasteiger partial charge in [0.05, 0.1) is 25.3 Å². The van der Waals surface area contributed by atoms with Gasteiger partial charge in [-0.05, 0) is 43.2 Å². The lowest BCUT2D eigenvalue weighted by Gasteiger charge is -2.35. The molecular weight excluding hydrogens is 357 g/mol. The van der Waals surface area contributed by atoms with Gasteiger partial charge in [0.2, 0.25) is 5.91 Å². The summed E-state index contributed by atoms with van der Waals surface area (Å²) in [6, 6.07) is 5.80. The van der Waals surface area contributed by atoms with Gasteiger partial charge in [-0.3, -0.25) is 9.69 Å². The second-order valence-electron chi connectivity index (χ2n) is 7.43. The highest BCUT2D eigenvalue weighted by atomic mass is 19.4. The molecule has 2 aliphatic heterocycles. The maximum atomic E-state index is 13.1. The largest absolute Gasteiger partial charge is 0.416 e. The molecule has 0 bridgehead atoms. The van der Waals surface area contributed by atoms with Crippen LogP contribution in [0.4, 0.5) is 13.2 Å². The fourth-order valence-corrected chi connectivity index (χ4v) is 3.95. The van der Waals surface area contributed by atoms with Gasteiger partial charge in [-0.2, -0.15) is 13.2 Å². The van der Waals surface area contributed by atoms with Gasteiger partial charge >= 0.3 is 6.18 Å². The molecule has 1 atom stereocenters. The van der Waals surface area contributed by atoms with Crippen molar-refractivity contribution in [2.24, 2.45) is 5.92 Å². The number of ether oxygens (including phenoxy) is 1. The second kappa shape index (κ2) is 9.06. The third kappa shape index (κ3) is 5.69. The van der Waals surface area contributed by atoms with E-state index in [1.165, 1.54) is 6.07 Å². The van der Waals surface area contributed by atoms with Crippen LogP contribution in [0, 0.1) is 5.92 Å². The van der Waals surface area contributed by atoms with Crippen LogP contribution in [0.3, 0.4) is 0 Å². The minimum Gasteiger partial charge on any atom is -0.379 e. The van der Waals surface area contributed by atoms with Crippen LogP contribution >= 0.6 is 0 Å². The lowest BCUT2D eigenvalue weighted by molar-refractivity contribution is -0.138. The van der Waals surface area contributed by atoms with E-state index in [2.05, 4.69) is 4.90 Å². The molecule has 0 spiro atoms. The molecule has 2 aliphatic rings. The molecule has 2 saturated heterocycles. The van der Waals surface area contributed by atoms with Gasteiger partial charge in [-0.25, -0.2) is 0 Å². The fourth-order valence-electron chi connectivity index (χ4n) is 3.95. The molecule has 0 radical (unpaired) electrons. The number of morpholine rings is 1. The van der Waals surface area contributed by atoms with Gasteiger partial charge in [0.1, 0.15) is 0 Å². The fraction of sp³-hybridized carbons (Fsp3) is 0.650. The van der Waals surface area contributed by atoms with E-state index < -0.39 is 11.7 Å². The van der Waals surface area contributed by atoms with Crippen molar-refractivity contribution in [1.29, 1.82) is 0 Å². The van der Waals surface area contributed by atoms with E-state index in [9.17, 15) is 18.0 Å². The summed E-state index contributed by atoms with van der Waals surface area (Å²) >= 11 is 0.